The van der Waals surface area contributed by atoms with Gasteiger partial charge in [-0.2, -0.15) is 0 Å². The Morgan fingerprint density at radius 3 is 1.02 bits per heavy atom. The summed E-state index contributed by atoms with van der Waals surface area (Å²) in [6, 6.07) is 26.3. The van der Waals surface area contributed by atoms with Crippen molar-refractivity contribution in [2.75, 3.05) is 0 Å². The molecule has 2 aliphatic heterocycles. The molecule has 0 radical (unpaired) electrons. The molecule has 80 heavy (non-hydrogen) atoms. The molecule has 0 saturated carbocycles. The summed E-state index contributed by atoms with van der Waals surface area (Å²) < 4.78 is 7.00. The molecule has 2 aliphatic rings. The fourth-order valence-electron chi connectivity index (χ4n) is 9.97. The maximum Gasteiger partial charge on any atom is 0.166 e. The Hall–Kier alpha value is -3.95. The molecule has 0 saturated heterocycles. The van der Waals surface area contributed by atoms with E-state index >= 15 is 0 Å². The van der Waals surface area contributed by atoms with Crippen LogP contribution in [0.15, 0.2) is 78.9 Å². The minimum Gasteiger partial charge on any atom is -0.454 e. The van der Waals surface area contributed by atoms with Gasteiger partial charge in [0.1, 0.15) is 33.4 Å². The minimum absolute atomic E-state index is 0.00484. The quantitative estimate of drug-likeness (QED) is 0.126. The fraction of sp³-hybridized carbons (Fsp3) is 0.107. The van der Waals surface area contributed by atoms with E-state index in [-0.39, 0.29) is 171 Å². The second-order valence-electron chi connectivity index (χ2n) is 19.4. The molecule has 24 heteroatoms. The number of aromatic nitrogens is 8. The van der Waals surface area contributed by atoms with E-state index in [4.69, 9.17) is 209 Å². The lowest BCUT2D eigenvalue weighted by Gasteiger charge is -2.32. The number of ether oxygens (including phenoxy) is 1. The van der Waals surface area contributed by atoms with Crippen molar-refractivity contribution in [2.45, 2.75) is 38.5 Å². The van der Waals surface area contributed by atoms with Gasteiger partial charge in [0.15, 0.2) is 29.0 Å². The number of hydrogen-bond donors (Lipinski definition) is 2. The van der Waals surface area contributed by atoms with Crippen molar-refractivity contribution in [3.63, 3.8) is 0 Å². The van der Waals surface area contributed by atoms with E-state index in [9.17, 15) is 0 Å². The summed E-state index contributed by atoms with van der Waals surface area (Å²) in [6.07, 6.45) is 0. The lowest BCUT2D eigenvalue weighted by Crippen LogP contribution is -2.23. The van der Waals surface area contributed by atoms with E-state index in [1.807, 2.05) is 48.5 Å². The smallest absolute Gasteiger partial charge is 0.166 e. The first-order chi connectivity index (χ1) is 37.9. The van der Waals surface area contributed by atoms with E-state index in [1.54, 1.807) is 0 Å². The van der Waals surface area contributed by atoms with Gasteiger partial charge in [0.25, 0.3) is 0 Å². The summed E-state index contributed by atoms with van der Waals surface area (Å²) in [4.78, 5) is 36.2. The van der Waals surface area contributed by atoms with Crippen LogP contribution < -0.4 is 4.74 Å². The van der Waals surface area contributed by atoms with Gasteiger partial charge in [-0.1, -0.05) is 275 Å². The number of nitrogens with one attached hydrogen (secondary N) is 2. The highest BCUT2D eigenvalue weighted by molar-refractivity contribution is 6.58. The molecule has 7 aromatic carbocycles. The van der Waals surface area contributed by atoms with Gasteiger partial charge in [0.05, 0.1) is 114 Å². The van der Waals surface area contributed by atoms with Crippen LogP contribution in [0, 0.1) is 0 Å². The van der Waals surface area contributed by atoms with Gasteiger partial charge in [-0.05, 0) is 22.8 Å². The van der Waals surface area contributed by atoms with E-state index < -0.39 is 10.8 Å². The zero-order valence-electron chi connectivity index (χ0n) is 40.8. The van der Waals surface area contributed by atoms with Crippen LogP contribution in [0.4, 0.5) is 0 Å². The van der Waals surface area contributed by atoms with Gasteiger partial charge < -0.3 is 14.7 Å². The maximum absolute atomic E-state index is 7.68. The summed E-state index contributed by atoms with van der Waals surface area (Å²) in [5, 5.41) is -0.543. The summed E-state index contributed by atoms with van der Waals surface area (Å²) in [7, 11) is 0. The number of aromatic amines is 2. The van der Waals surface area contributed by atoms with Gasteiger partial charge in [0, 0.05) is 16.4 Å². The SMILES string of the molecule is CC(C)(c1ccccc1)c1ccc(Oc2c(Cl)c(Cl)c3c(c2Cl)-c2nc-3nc3[nH]c(nc4nc(nc5[nH]c(n2)c2c(Cl)c(Cl)c(Cl)c(Cl)c52)-c2c(Cl)c(Cl)c(Cl)c(Cl)c2-4)c2c(Cl)c(Cl)c(Cl)c(Cl)c32)c(C(C)(C)c2ccccc2)c1. The Balaban J connectivity index is 1.20. The normalized spacial score (nSPS) is 12.4. The van der Waals surface area contributed by atoms with Crippen molar-refractivity contribution in [1.29, 1.82) is 0 Å². The Kier molecular flexibility index (Phi) is 14.6. The third-order valence-corrected chi connectivity index (χ3v) is 20.9. The lowest BCUT2D eigenvalue weighted by atomic mass is 9.73. The van der Waals surface area contributed by atoms with Gasteiger partial charge in [-0.15, -0.1) is 0 Å². The largest absolute Gasteiger partial charge is 0.454 e. The van der Waals surface area contributed by atoms with Crippen LogP contribution in [0.25, 0.3) is 89.7 Å². The van der Waals surface area contributed by atoms with Crippen LogP contribution in [0.2, 0.25) is 75.3 Å². The first-order valence-corrected chi connectivity index (χ1v) is 29.2. The molecule has 12 rings (SSSR count). The number of rotatable bonds is 6. The van der Waals surface area contributed by atoms with Crippen molar-refractivity contribution in [3.05, 3.63) is 176 Å². The highest BCUT2D eigenvalue weighted by Crippen LogP contribution is 2.57. The van der Waals surface area contributed by atoms with Crippen LogP contribution in [0.5, 0.6) is 11.5 Å². The van der Waals surface area contributed by atoms with Crippen molar-refractivity contribution < 1.29 is 4.74 Å². The van der Waals surface area contributed by atoms with E-state index in [0.29, 0.717) is 5.75 Å². The molecule has 2 N–H and O–H groups in total. The molecule has 5 heterocycles. The number of benzene rings is 7. The van der Waals surface area contributed by atoms with Crippen LogP contribution in [-0.2, 0) is 10.8 Å². The van der Waals surface area contributed by atoms with Crippen molar-refractivity contribution in [2.24, 2.45) is 0 Å². The zero-order valence-corrected chi connectivity index (χ0v) is 52.1. The van der Waals surface area contributed by atoms with Crippen molar-refractivity contribution >= 4 is 218 Å². The third-order valence-electron chi connectivity index (χ3n) is 14.3. The van der Waals surface area contributed by atoms with Gasteiger partial charge in [-0.25, -0.2) is 29.9 Å². The third kappa shape index (κ3) is 8.71. The Morgan fingerprint density at radius 2 is 0.650 bits per heavy atom. The number of H-pyrrole nitrogens is 2. The molecule has 402 valence electrons. The van der Waals surface area contributed by atoms with Gasteiger partial charge >= 0.3 is 0 Å². The van der Waals surface area contributed by atoms with Crippen LogP contribution in [0.3, 0.4) is 0 Å². The number of hydrogen-bond acceptors (Lipinski definition) is 7. The predicted molar refractivity (Wildman–Crippen MR) is 335 cm³/mol. The average Bonchev–Trinajstić information content (AvgIpc) is 4.37. The number of halogens is 15. The second-order valence-corrected chi connectivity index (χ2v) is 25.1. The Morgan fingerprint density at radius 1 is 0.325 bits per heavy atom. The summed E-state index contributed by atoms with van der Waals surface area (Å²) in [6.45, 7) is 8.56. The molecular formula is C56H27Cl15N8O. The zero-order chi connectivity index (χ0) is 56.9. The molecule has 0 aliphatic carbocycles. The van der Waals surface area contributed by atoms with E-state index in [0.717, 1.165) is 22.3 Å². The monoisotopic (exact) mass is 1350 g/mol. The molecule has 3 aromatic heterocycles. The van der Waals surface area contributed by atoms with E-state index in [1.165, 1.54) is 0 Å². The van der Waals surface area contributed by atoms with Crippen molar-refractivity contribution in [3.8, 4) is 57.1 Å². The predicted octanol–water partition coefficient (Wildman–Crippen LogP) is 23.1. The standard InChI is InChI=1S/C56H27Cl15N8O/c1-55(2,18-11-7-5-8-12-18)20-15-16-22(21(17-20)56(3,4)19-13-9-6-10-14-19)80-46-38(64)30-29(37(63)45(46)71)53-77-51-26-25(33(59)41(67)42(68)34(26)60)49(75-51)73-47-23-24(32(58)40(66)39(65)31(23)57)48(72-47)74-50-27-28(52(76-50)78-54(30)79-53)36(62)44(70)43(69)35(27)61/h5-17H,1-4H3,(H2,72,73,74,75,76,77,78,79). The number of fused-ring (bicyclic) bond motifs is 20. The highest BCUT2D eigenvalue weighted by Gasteiger charge is 2.37. The maximum atomic E-state index is 7.68. The molecule has 0 spiro atoms. The Bertz CT molecular complexity index is 4570. The van der Waals surface area contributed by atoms with Gasteiger partial charge in [0.2, 0.25) is 0 Å². The lowest BCUT2D eigenvalue weighted by molar-refractivity contribution is 0.461. The van der Waals surface area contributed by atoms with Crippen molar-refractivity contribution in [1.82, 2.24) is 39.9 Å². The Labute approximate surface area is 529 Å². The number of nitrogens with zero attached hydrogens (tertiary/aromatic N) is 6. The van der Waals surface area contributed by atoms with Crippen LogP contribution in [0.1, 0.15) is 49.9 Å². The fourth-order valence-corrected chi connectivity index (χ4v) is 13.9. The molecular weight excluding hydrogens is 1330 g/mol. The topological polar surface area (TPSA) is 118 Å². The average molecular weight is 1360 g/mol. The molecule has 8 bridgehead atoms. The second kappa shape index (κ2) is 20.7. The minimum atomic E-state index is -0.659. The molecule has 0 fully saturated rings. The summed E-state index contributed by atoms with van der Waals surface area (Å²) >= 11 is 105. The molecule has 0 amide bonds. The van der Waals surface area contributed by atoms with Crippen LogP contribution >= 0.6 is 174 Å². The summed E-state index contributed by atoms with van der Waals surface area (Å²) in [5.74, 6) is 0.0707. The molecule has 9 nitrogen and oxygen atoms in total. The summed E-state index contributed by atoms with van der Waals surface area (Å²) in [5.41, 5.74) is 3.41. The van der Waals surface area contributed by atoms with E-state index in [2.05, 4.69) is 68.0 Å². The molecule has 10 aromatic rings. The van der Waals surface area contributed by atoms with Gasteiger partial charge in [-0.3, -0.25) is 0 Å². The van der Waals surface area contributed by atoms with Crippen LogP contribution in [-0.4, -0.2) is 39.9 Å². The molecule has 0 atom stereocenters. The first-order valence-electron chi connectivity index (χ1n) is 23.5. The first kappa shape index (κ1) is 56.5. The highest BCUT2D eigenvalue weighted by atomic mass is 35.5. The molecule has 0 unspecified atom stereocenters.